The molecule has 0 aliphatic heterocycles. The van der Waals surface area contributed by atoms with E-state index in [4.69, 9.17) is 0 Å². The average Bonchev–Trinajstić information content (AvgIpc) is 2.15. The third kappa shape index (κ3) is 3.19. The molecule has 16 heavy (non-hydrogen) atoms. The molecule has 0 aliphatic carbocycles. The van der Waals surface area contributed by atoms with E-state index in [9.17, 15) is 4.79 Å². The van der Waals surface area contributed by atoms with E-state index in [1.807, 2.05) is 26.8 Å². The Bertz CT molecular complexity index is 375. The summed E-state index contributed by atoms with van der Waals surface area (Å²) in [4.78, 5) is 11.9. The van der Waals surface area contributed by atoms with Gasteiger partial charge in [-0.2, -0.15) is 0 Å². The van der Waals surface area contributed by atoms with Gasteiger partial charge in [0.1, 0.15) is 0 Å². The molecule has 88 valence electrons. The Balaban J connectivity index is 2.96. The van der Waals surface area contributed by atoms with Crippen LogP contribution in [0.2, 0.25) is 0 Å². The van der Waals surface area contributed by atoms with Crippen LogP contribution in [0.4, 0.5) is 0 Å². The molecule has 0 saturated carbocycles. The number of rotatable bonds is 4. The summed E-state index contributed by atoms with van der Waals surface area (Å²) in [6, 6.07) is 6.22. The van der Waals surface area contributed by atoms with E-state index in [1.165, 1.54) is 5.56 Å². The molecule has 0 atom stereocenters. The molecule has 1 aromatic rings. The molecule has 1 heteroatoms. The van der Waals surface area contributed by atoms with Crippen molar-refractivity contribution in [3.8, 4) is 0 Å². The van der Waals surface area contributed by atoms with Gasteiger partial charge in [0.05, 0.1) is 0 Å². The maximum Gasteiger partial charge on any atom is 0.165 e. The quantitative estimate of drug-likeness (QED) is 0.697. The first-order valence-electron chi connectivity index (χ1n) is 6.05. The van der Waals surface area contributed by atoms with Crippen LogP contribution in [0.3, 0.4) is 0 Å². The zero-order chi connectivity index (χ0) is 12.3. The number of aryl methyl sites for hydroxylation is 1. The molecule has 0 unspecified atom stereocenters. The van der Waals surface area contributed by atoms with Gasteiger partial charge in [-0.15, -0.1) is 0 Å². The lowest BCUT2D eigenvalue weighted by Gasteiger charge is -2.11. The summed E-state index contributed by atoms with van der Waals surface area (Å²) in [6.07, 6.45) is 1.08. The van der Waals surface area contributed by atoms with Crippen LogP contribution < -0.4 is 0 Å². The molecular weight excluding hydrogens is 196 g/mol. The van der Waals surface area contributed by atoms with E-state index in [2.05, 4.69) is 26.0 Å². The third-order valence-electron chi connectivity index (χ3n) is 2.72. The van der Waals surface area contributed by atoms with Gasteiger partial charge in [-0.1, -0.05) is 45.9 Å². The predicted molar refractivity (Wildman–Crippen MR) is 68.9 cm³/mol. The number of carbonyl (C=O) groups excluding carboxylic acids is 1. The van der Waals surface area contributed by atoms with Gasteiger partial charge >= 0.3 is 0 Å². The smallest absolute Gasteiger partial charge is 0.165 e. The second-order valence-corrected chi connectivity index (χ2v) is 5.27. The fraction of sp³-hybridized carbons (Fsp3) is 0.533. The minimum atomic E-state index is 0.0784. The van der Waals surface area contributed by atoms with Crippen LogP contribution in [0.5, 0.6) is 0 Å². The fourth-order valence-electron chi connectivity index (χ4n) is 1.91. The van der Waals surface area contributed by atoms with Crippen LogP contribution in [-0.2, 0) is 6.42 Å². The molecule has 0 radical (unpaired) electrons. The Morgan fingerprint density at radius 3 is 2.25 bits per heavy atom. The minimum absolute atomic E-state index is 0.0784. The van der Waals surface area contributed by atoms with Gasteiger partial charge in [0.15, 0.2) is 5.78 Å². The van der Waals surface area contributed by atoms with Gasteiger partial charge in [-0.3, -0.25) is 4.79 Å². The maximum atomic E-state index is 11.9. The minimum Gasteiger partial charge on any atom is -0.294 e. The SMILES string of the molecule is Cc1cc(CC(C)C)ccc1C(=O)C(C)C. The molecular formula is C15H22O. The summed E-state index contributed by atoms with van der Waals surface area (Å²) in [5, 5.41) is 0. The second-order valence-electron chi connectivity index (χ2n) is 5.27. The van der Waals surface area contributed by atoms with Gasteiger partial charge in [-0.05, 0) is 30.4 Å². The summed E-state index contributed by atoms with van der Waals surface area (Å²) >= 11 is 0. The number of carbonyl (C=O) groups is 1. The molecule has 0 N–H and O–H groups in total. The number of ketones is 1. The lowest BCUT2D eigenvalue weighted by atomic mass is 9.93. The van der Waals surface area contributed by atoms with Crippen molar-refractivity contribution in [3.63, 3.8) is 0 Å². The molecule has 0 spiro atoms. The molecule has 1 aromatic carbocycles. The first-order chi connectivity index (χ1) is 7.41. The van der Waals surface area contributed by atoms with Crippen molar-refractivity contribution < 1.29 is 4.79 Å². The standard InChI is InChI=1S/C15H22O/c1-10(2)8-13-6-7-14(12(5)9-13)15(16)11(3)4/h6-7,9-11H,8H2,1-5H3. The Morgan fingerprint density at radius 1 is 1.19 bits per heavy atom. The van der Waals surface area contributed by atoms with Crippen LogP contribution in [0.15, 0.2) is 18.2 Å². The van der Waals surface area contributed by atoms with Crippen LogP contribution >= 0.6 is 0 Å². The zero-order valence-corrected chi connectivity index (χ0v) is 11.0. The first kappa shape index (κ1) is 13.0. The van der Waals surface area contributed by atoms with E-state index in [0.717, 1.165) is 17.5 Å². The molecule has 0 heterocycles. The first-order valence-corrected chi connectivity index (χ1v) is 6.05. The average molecular weight is 218 g/mol. The Hall–Kier alpha value is -1.11. The zero-order valence-electron chi connectivity index (χ0n) is 11.0. The van der Waals surface area contributed by atoms with Crippen LogP contribution in [0.1, 0.15) is 49.2 Å². The molecule has 0 saturated heterocycles. The molecule has 0 amide bonds. The molecule has 0 aromatic heterocycles. The topological polar surface area (TPSA) is 17.1 Å². The van der Waals surface area contributed by atoms with Crippen LogP contribution in [0, 0.1) is 18.8 Å². The van der Waals surface area contributed by atoms with Gasteiger partial charge in [0, 0.05) is 11.5 Å². The number of benzene rings is 1. The fourth-order valence-corrected chi connectivity index (χ4v) is 1.91. The Labute approximate surface area is 98.9 Å². The van der Waals surface area contributed by atoms with E-state index in [1.54, 1.807) is 0 Å². The normalized spacial score (nSPS) is 11.2. The Morgan fingerprint density at radius 2 is 1.81 bits per heavy atom. The predicted octanol–water partition coefficient (Wildman–Crippen LogP) is 4.03. The molecule has 0 fully saturated rings. The maximum absolute atomic E-state index is 11.9. The molecule has 1 rings (SSSR count). The van der Waals surface area contributed by atoms with E-state index < -0.39 is 0 Å². The molecule has 1 nitrogen and oxygen atoms in total. The van der Waals surface area contributed by atoms with E-state index >= 15 is 0 Å². The van der Waals surface area contributed by atoms with Crippen molar-refractivity contribution >= 4 is 5.78 Å². The Kier molecular flexibility index (Phi) is 4.28. The summed E-state index contributed by atoms with van der Waals surface area (Å²) in [5.41, 5.74) is 3.31. The van der Waals surface area contributed by atoms with Crippen molar-refractivity contribution in [2.75, 3.05) is 0 Å². The second kappa shape index (κ2) is 5.29. The number of Topliss-reactive ketones (excluding diaryl/α,β-unsaturated/α-hetero) is 1. The highest BCUT2D eigenvalue weighted by atomic mass is 16.1. The monoisotopic (exact) mass is 218 g/mol. The van der Waals surface area contributed by atoms with Crippen molar-refractivity contribution in [1.82, 2.24) is 0 Å². The summed E-state index contributed by atoms with van der Waals surface area (Å²) in [5.74, 6) is 0.981. The van der Waals surface area contributed by atoms with Crippen LogP contribution in [0.25, 0.3) is 0 Å². The highest BCUT2D eigenvalue weighted by Gasteiger charge is 2.13. The van der Waals surface area contributed by atoms with E-state index in [0.29, 0.717) is 5.92 Å². The van der Waals surface area contributed by atoms with Crippen LogP contribution in [-0.4, -0.2) is 5.78 Å². The summed E-state index contributed by atoms with van der Waals surface area (Å²) < 4.78 is 0. The van der Waals surface area contributed by atoms with Gasteiger partial charge in [0.25, 0.3) is 0 Å². The van der Waals surface area contributed by atoms with E-state index in [-0.39, 0.29) is 11.7 Å². The van der Waals surface area contributed by atoms with Crippen molar-refractivity contribution in [2.24, 2.45) is 11.8 Å². The summed E-state index contributed by atoms with van der Waals surface area (Å²) in [7, 11) is 0. The third-order valence-corrected chi connectivity index (χ3v) is 2.72. The number of hydrogen-bond donors (Lipinski definition) is 0. The van der Waals surface area contributed by atoms with Crippen molar-refractivity contribution in [2.45, 2.75) is 41.0 Å². The lowest BCUT2D eigenvalue weighted by molar-refractivity contribution is 0.0939. The van der Waals surface area contributed by atoms with Gasteiger partial charge < -0.3 is 0 Å². The summed E-state index contributed by atoms with van der Waals surface area (Å²) in [6.45, 7) is 10.3. The highest BCUT2D eigenvalue weighted by molar-refractivity contribution is 5.98. The molecule has 0 aliphatic rings. The highest BCUT2D eigenvalue weighted by Crippen LogP contribution is 2.17. The van der Waals surface area contributed by atoms with Crippen molar-refractivity contribution in [1.29, 1.82) is 0 Å². The van der Waals surface area contributed by atoms with Gasteiger partial charge in [-0.25, -0.2) is 0 Å². The lowest BCUT2D eigenvalue weighted by Crippen LogP contribution is -2.09. The van der Waals surface area contributed by atoms with Gasteiger partial charge in [0.2, 0.25) is 0 Å². The molecule has 0 bridgehead atoms. The number of hydrogen-bond acceptors (Lipinski definition) is 1. The largest absolute Gasteiger partial charge is 0.294 e. The van der Waals surface area contributed by atoms with Crippen molar-refractivity contribution in [3.05, 3.63) is 34.9 Å².